The van der Waals surface area contributed by atoms with E-state index < -0.39 is 0 Å². The van der Waals surface area contributed by atoms with E-state index in [9.17, 15) is 0 Å². The van der Waals surface area contributed by atoms with Crippen molar-refractivity contribution >= 4 is 51.0 Å². The number of rotatable bonds is 4. The zero-order valence-corrected chi connectivity index (χ0v) is 24.7. The van der Waals surface area contributed by atoms with Crippen molar-refractivity contribution < 1.29 is 0 Å². The van der Waals surface area contributed by atoms with Gasteiger partial charge in [-0.25, -0.2) is 0 Å². The van der Waals surface area contributed by atoms with Crippen LogP contribution in [0.5, 0.6) is 0 Å². The number of nitrogens with zero attached hydrogens (tertiary/aromatic N) is 2. The van der Waals surface area contributed by atoms with Gasteiger partial charge in [0, 0.05) is 33.4 Å². The summed E-state index contributed by atoms with van der Waals surface area (Å²) in [6, 6.07) is 63.9. The molecule has 210 valence electrons. The molecular formula is C42H29BN2. The third-order valence-corrected chi connectivity index (χ3v) is 9.22. The largest absolute Gasteiger partial charge is 0.376 e. The molecule has 0 saturated heterocycles. The second-order valence-corrected chi connectivity index (χ2v) is 11.8. The predicted octanol–water partition coefficient (Wildman–Crippen LogP) is 9.38. The van der Waals surface area contributed by atoms with E-state index in [2.05, 4.69) is 185 Å². The Kier molecular flexibility index (Phi) is 5.95. The Bertz CT molecular complexity index is 2300. The zero-order chi connectivity index (χ0) is 29.7. The zero-order valence-electron chi connectivity index (χ0n) is 24.7. The van der Waals surface area contributed by atoms with Gasteiger partial charge >= 0.3 is 6.85 Å². The molecule has 0 N–H and O–H groups in total. The fourth-order valence-corrected chi connectivity index (χ4v) is 7.28. The van der Waals surface area contributed by atoms with E-state index in [1.54, 1.807) is 0 Å². The monoisotopic (exact) mass is 572 g/mol. The van der Waals surface area contributed by atoms with E-state index in [0.29, 0.717) is 0 Å². The second kappa shape index (κ2) is 10.4. The Hall–Kier alpha value is -5.80. The highest BCUT2D eigenvalue weighted by molar-refractivity contribution is 6.90. The van der Waals surface area contributed by atoms with Gasteiger partial charge in [-0.05, 0) is 64.6 Å². The molecule has 0 bridgehead atoms. The van der Waals surface area contributed by atoms with E-state index in [-0.39, 0.29) is 6.85 Å². The minimum Gasteiger partial charge on any atom is -0.376 e. The smallest absolute Gasteiger partial charge is 0.328 e. The fraction of sp³-hybridized carbons (Fsp3) is 0. The third-order valence-electron chi connectivity index (χ3n) is 9.22. The molecule has 1 aliphatic heterocycles. The number of hydrogen-bond donors (Lipinski definition) is 0. The molecule has 0 saturated carbocycles. The van der Waals surface area contributed by atoms with Crippen molar-refractivity contribution in [2.75, 3.05) is 4.81 Å². The number of fused-ring (bicyclic) bond motifs is 6. The van der Waals surface area contributed by atoms with Gasteiger partial charge in [-0.3, -0.25) is 0 Å². The predicted molar refractivity (Wildman–Crippen MR) is 192 cm³/mol. The lowest BCUT2D eigenvalue weighted by Gasteiger charge is -2.39. The molecule has 1 aromatic heterocycles. The summed E-state index contributed by atoms with van der Waals surface area (Å²) >= 11 is 0. The summed E-state index contributed by atoms with van der Waals surface area (Å²) in [6.45, 7) is 0.0523. The van der Waals surface area contributed by atoms with Crippen molar-refractivity contribution in [1.82, 2.24) is 4.57 Å². The van der Waals surface area contributed by atoms with Crippen LogP contribution in [-0.4, -0.2) is 11.4 Å². The van der Waals surface area contributed by atoms with Crippen LogP contribution in [0.15, 0.2) is 176 Å². The first-order chi connectivity index (χ1) is 22.3. The van der Waals surface area contributed by atoms with Gasteiger partial charge in [0.05, 0.1) is 11.0 Å². The molecule has 2 nitrogen and oxygen atoms in total. The van der Waals surface area contributed by atoms with E-state index in [1.165, 1.54) is 66.4 Å². The standard InChI is InChI=1S/C42H29BN2/c1-2-16-32(17-3-1)43-39-24-8-4-20-35(39)36-21-7-11-27-42(36)45(43)34-19-13-15-31(29-34)30-14-12-18-33(28-30)44-40-25-9-5-22-37(40)38-23-6-10-26-41(38)44/h1-29H. The first-order valence-corrected chi connectivity index (χ1v) is 15.6. The highest BCUT2D eigenvalue weighted by Gasteiger charge is 2.36. The quantitative estimate of drug-likeness (QED) is 0.191. The van der Waals surface area contributed by atoms with Gasteiger partial charge in [0.2, 0.25) is 0 Å². The summed E-state index contributed by atoms with van der Waals surface area (Å²) in [7, 11) is 0. The average molecular weight is 573 g/mol. The van der Waals surface area contributed by atoms with Gasteiger partial charge in [0.15, 0.2) is 0 Å². The van der Waals surface area contributed by atoms with E-state index in [1.807, 2.05) is 0 Å². The first-order valence-electron chi connectivity index (χ1n) is 15.6. The molecule has 45 heavy (non-hydrogen) atoms. The van der Waals surface area contributed by atoms with Gasteiger partial charge in [-0.2, -0.15) is 0 Å². The van der Waals surface area contributed by atoms with Crippen LogP contribution in [-0.2, 0) is 0 Å². The van der Waals surface area contributed by atoms with E-state index in [0.717, 1.165) is 5.69 Å². The van der Waals surface area contributed by atoms with Crippen LogP contribution in [0.2, 0.25) is 0 Å². The molecule has 0 fully saturated rings. The fourth-order valence-electron chi connectivity index (χ4n) is 7.28. The Balaban J connectivity index is 1.21. The Labute approximate surface area is 263 Å². The van der Waals surface area contributed by atoms with Crippen LogP contribution in [0.4, 0.5) is 11.4 Å². The SMILES string of the molecule is c1ccc(B2c3ccccc3-c3ccccc3N2c2cccc(-c3cccc(-n4c5ccccc5c5ccccc54)c3)c2)cc1. The lowest BCUT2D eigenvalue weighted by Crippen LogP contribution is -2.57. The number of hydrogen-bond acceptors (Lipinski definition) is 1. The molecule has 8 aromatic rings. The van der Waals surface area contributed by atoms with Crippen molar-refractivity contribution in [3.05, 3.63) is 176 Å². The van der Waals surface area contributed by atoms with Crippen molar-refractivity contribution in [2.24, 2.45) is 0 Å². The number of para-hydroxylation sites is 3. The molecule has 3 heteroatoms. The number of aromatic nitrogens is 1. The maximum atomic E-state index is 2.52. The van der Waals surface area contributed by atoms with Crippen molar-refractivity contribution in [3.63, 3.8) is 0 Å². The molecule has 0 amide bonds. The summed E-state index contributed by atoms with van der Waals surface area (Å²) in [5.74, 6) is 0. The summed E-state index contributed by atoms with van der Waals surface area (Å²) < 4.78 is 2.39. The van der Waals surface area contributed by atoms with Crippen LogP contribution >= 0.6 is 0 Å². The van der Waals surface area contributed by atoms with Crippen LogP contribution < -0.4 is 15.7 Å². The summed E-state index contributed by atoms with van der Waals surface area (Å²) in [5.41, 5.74) is 13.5. The Morgan fingerprint density at radius 1 is 0.400 bits per heavy atom. The van der Waals surface area contributed by atoms with Crippen molar-refractivity contribution in [3.8, 4) is 27.9 Å². The maximum Gasteiger partial charge on any atom is 0.328 e. The average Bonchev–Trinajstić information content (AvgIpc) is 3.46. The molecule has 0 unspecified atom stereocenters. The second-order valence-electron chi connectivity index (χ2n) is 11.8. The highest BCUT2D eigenvalue weighted by atomic mass is 15.1. The van der Waals surface area contributed by atoms with Gasteiger partial charge in [0.25, 0.3) is 0 Å². The highest BCUT2D eigenvalue weighted by Crippen LogP contribution is 2.41. The number of anilines is 2. The first kappa shape index (κ1) is 25.7. The summed E-state index contributed by atoms with van der Waals surface area (Å²) in [4.78, 5) is 2.52. The minimum atomic E-state index is 0.0523. The van der Waals surface area contributed by atoms with Gasteiger partial charge in [-0.1, -0.05) is 139 Å². The molecule has 9 rings (SSSR count). The molecule has 0 spiro atoms. The van der Waals surface area contributed by atoms with E-state index >= 15 is 0 Å². The third kappa shape index (κ3) is 4.12. The minimum absolute atomic E-state index is 0.0523. The normalized spacial score (nSPS) is 12.4. The molecule has 0 atom stereocenters. The Morgan fingerprint density at radius 3 is 1.69 bits per heavy atom. The molecule has 2 heterocycles. The van der Waals surface area contributed by atoms with Crippen molar-refractivity contribution in [1.29, 1.82) is 0 Å². The maximum absolute atomic E-state index is 2.52. The Morgan fingerprint density at radius 2 is 0.956 bits per heavy atom. The van der Waals surface area contributed by atoms with E-state index in [4.69, 9.17) is 0 Å². The topological polar surface area (TPSA) is 8.17 Å². The van der Waals surface area contributed by atoms with Crippen molar-refractivity contribution in [2.45, 2.75) is 0 Å². The van der Waals surface area contributed by atoms with Crippen LogP contribution in [0.3, 0.4) is 0 Å². The van der Waals surface area contributed by atoms with Gasteiger partial charge < -0.3 is 9.38 Å². The molecule has 0 radical (unpaired) electrons. The lowest BCUT2D eigenvalue weighted by atomic mass is 9.46. The van der Waals surface area contributed by atoms with Crippen LogP contribution in [0, 0.1) is 0 Å². The molecule has 7 aromatic carbocycles. The van der Waals surface area contributed by atoms with Crippen LogP contribution in [0.25, 0.3) is 49.7 Å². The molecule has 0 aliphatic carbocycles. The summed E-state index contributed by atoms with van der Waals surface area (Å²) in [5, 5.41) is 2.55. The number of benzene rings is 7. The summed E-state index contributed by atoms with van der Waals surface area (Å²) in [6.07, 6.45) is 0. The van der Waals surface area contributed by atoms with Gasteiger partial charge in [0.1, 0.15) is 0 Å². The van der Waals surface area contributed by atoms with Crippen LogP contribution in [0.1, 0.15) is 0 Å². The lowest BCUT2D eigenvalue weighted by molar-refractivity contribution is 1.18. The molecular weight excluding hydrogens is 543 g/mol. The molecule has 1 aliphatic rings. The van der Waals surface area contributed by atoms with Gasteiger partial charge in [-0.15, -0.1) is 0 Å².